The standard InChI is InChI=1S/C17H18O6/c1-4-16(19)22-10-14-6-13(9-21-12(3)18)7-15(8-14)11-23-17(20)5-2/h4-8H,1-2,9-11H2,3H3. The lowest BCUT2D eigenvalue weighted by atomic mass is 10.1. The van der Waals surface area contributed by atoms with Crippen LogP contribution in [0.15, 0.2) is 43.5 Å². The first-order chi connectivity index (χ1) is 10.9. The van der Waals surface area contributed by atoms with Crippen LogP contribution in [0.1, 0.15) is 23.6 Å². The summed E-state index contributed by atoms with van der Waals surface area (Å²) in [4.78, 5) is 33.2. The quantitative estimate of drug-likeness (QED) is 0.415. The molecular weight excluding hydrogens is 300 g/mol. The zero-order valence-corrected chi connectivity index (χ0v) is 12.9. The third kappa shape index (κ3) is 7.08. The molecule has 122 valence electrons. The fraction of sp³-hybridized carbons (Fsp3) is 0.235. The number of hydrogen-bond donors (Lipinski definition) is 0. The van der Waals surface area contributed by atoms with Gasteiger partial charge in [-0.1, -0.05) is 13.2 Å². The Kier molecular flexibility index (Phi) is 7.26. The summed E-state index contributed by atoms with van der Waals surface area (Å²) in [6.45, 7) is 8.07. The molecule has 0 radical (unpaired) electrons. The molecular formula is C17H18O6. The van der Waals surface area contributed by atoms with E-state index in [0.29, 0.717) is 16.7 Å². The van der Waals surface area contributed by atoms with Crippen LogP contribution >= 0.6 is 0 Å². The van der Waals surface area contributed by atoms with E-state index in [1.165, 1.54) is 6.92 Å². The number of hydrogen-bond acceptors (Lipinski definition) is 6. The molecule has 0 unspecified atom stereocenters. The maximum atomic E-state index is 11.1. The molecule has 0 saturated heterocycles. The second-order valence-electron chi connectivity index (χ2n) is 4.56. The largest absolute Gasteiger partial charge is 0.461 e. The normalized spacial score (nSPS) is 9.61. The highest BCUT2D eigenvalue weighted by atomic mass is 16.5. The Balaban J connectivity index is 2.88. The minimum absolute atomic E-state index is 0.0289. The first-order valence-electron chi connectivity index (χ1n) is 6.78. The van der Waals surface area contributed by atoms with Gasteiger partial charge in [-0.2, -0.15) is 0 Å². The first-order valence-corrected chi connectivity index (χ1v) is 6.78. The Labute approximate surface area is 134 Å². The van der Waals surface area contributed by atoms with E-state index >= 15 is 0 Å². The van der Waals surface area contributed by atoms with Crippen LogP contribution < -0.4 is 0 Å². The Morgan fingerprint density at radius 2 is 1.17 bits per heavy atom. The monoisotopic (exact) mass is 318 g/mol. The molecule has 0 aliphatic carbocycles. The Morgan fingerprint density at radius 1 is 0.826 bits per heavy atom. The van der Waals surface area contributed by atoms with Crippen molar-refractivity contribution in [2.24, 2.45) is 0 Å². The van der Waals surface area contributed by atoms with E-state index in [1.54, 1.807) is 18.2 Å². The molecule has 0 aromatic heterocycles. The molecule has 0 amide bonds. The van der Waals surface area contributed by atoms with E-state index in [0.717, 1.165) is 12.2 Å². The number of esters is 3. The SMILES string of the molecule is C=CC(=O)OCc1cc(COC(C)=O)cc(COC(=O)C=C)c1. The number of carbonyl (C=O) groups excluding carboxylic acids is 3. The lowest BCUT2D eigenvalue weighted by Crippen LogP contribution is -2.05. The van der Waals surface area contributed by atoms with Gasteiger partial charge in [0.1, 0.15) is 19.8 Å². The van der Waals surface area contributed by atoms with Crippen molar-refractivity contribution >= 4 is 17.9 Å². The molecule has 0 spiro atoms. The number of benzene rings is 1. The highest BCUT2D eigenvalue weighted by molar-refractivity contribution is 5.81. The molecule has 0 atom stereocenters. The molecule has 0 heterocycles. The number of rotatable bonds is 8. The molecule has 0 aliphatic heterocycles. The predicted molar refractivity (Wildman–Crippen MR) is 81.9 cm³/mol. The van der Waals surface area contributed by atoms with Crippen LogP contribution in [0.3, 0.4) is 0 Å². The van der Waals surface area contributed by atoms with Gasteiger partial charge in [-0.25, -0.2) is 9.59 Å². The second kappa shape index (κ2) is 9.19. The van der Waals surface area contributed by atoms with Gasteiger partial charge in [0.2, 0.25) is 0 Å². The number of carbonyl (C=O) groups is 3. The fourth-order valence-electron chi connectivity index (χ4n) is 1.70. The summed E-state index contributed by atoms with van der Waals surface area (Å²) < 4.78 is 14.9. The van der Waals surface area contributed by atoms with Crippen molar-refractivity contribution in [2.75, 3.05) is 0 Å². The Bertz CT molecular complexity index is 575. The lowest BCUT2D eigenvalue weighted by Gasteiger charge is -2.10. The maximum absolute atomic E-state index is 11.1. The van der Waals surface area contributed by atoms with Crippen LogP contribution in [0.4, 0.5) is 0 Å². The second-order valence-corrected chi connectivity index (χ2v) is 4.56. The van der Waals surface area contributed by atoms with E-state index in [1.807, 2.05) is 0 Å². The smallest absolute Gasteiger partial charge is 0.330 e. The zero-order chi connectivity index (χ0) is 17.2. The van der Waals surface area contributed by atoms with Crippen LogP contribution in [0, 0.1) is 0 Å². The van der Waals surface area contributed by atoms with Gasteiger partial charge in [-0.3, -0.25) is 4.79 Å². The molecule has 6 heteroatoms. The van der Waals surface area contributed by atoms with Crippen LogP contribution in [0.5, 0.6) is 0 Å². The average molecular weight is 318 g/mol. The van der Waals surface area contributed by atoms with E-state index in [2.05, 4.69) is 13.2 Å². The first kappa shape index (κ1) is 18.2. The number of ether oxygens (including phenoxy) is 3. The molecule has 0 saturated carbocycles. The Morgan fingerprint density at radius 3 is 1.48 bits per heavy atom. The van der Waals surface area contributed by atoms with Crippen molar-refractivity contribution < 1.29 is 28.6 Å². The molecule has 1 aromatic carbocycles. The molecule has 0 aliphatic rings. The highest BCUT2D eigenvalue weighted by Crippen LogP contribution is 2.14. The summed E-state index contributed by atoms with van der Waals surface area (Å²) in [6.07, 6.45) is 2.13. The summed E-state index contributed by atoms with van der Waals surface area (Å²) in [5.41, 5.74) is 2.04. The van der Waals surface area contributed by atoms with Gasteiger partial charge in [0.25, 0.3) is 0 Å². The molecule has 0 fully saturated rings. The molecule has 6 nitrogen and oxygen atoms in total. The van der Waals surface area contributed by atoms with Crippen molar-refractivity contribution in [3.8, 4) is 0 Å². The maximum Gasteiger partial charge on any atom is 0.330 e. The van der Waals surface area contributed by atoms with Crippen LogP contribution in [0.2, 0.25) is 0 Å². The van der Waals surface area contributed by atoms with Gasteiger partial charge in [0, 0.05) is 19.1 Å². The Hall–Kier alpha value is -2.89. The van der Waals surface area contributed by atoms with Crippen molar-refractivity contribution in [3.63, 3.8) is 0 Å². The van der Waals surface area contributed by atoms with Crippen molar-refractivity contribution in [1.29, 1.82) is 0 Å². The predicted octanol–water partition coefficient (Wildman–Crippen LogP) is 2.21. The minimum atomic E-state index is -0.546. The van der Waals surface area contributed by atoms with Crippen molar-refractivity contribution in [3.05, 3.63) is 60.2 Å². The zero-order valence-electron chi connectivity index (χ0n) is 12.9. The molecule has 0 N–H and O–H groups in total. The molecule has 23 heavy (non-hydrogen) atoms. The van der Waals surface area contributed by atoms with Crippen LogP contribution in [-0.2, 0) is 48.4 Å². The minimum Gasteiger partial charge on any atom is -0.461 e. The van der Waals surface area contributed by atoms with Gasteiger partial charge in [-0.15, -0.1) is 0 Å². The van der Waals surface area contributed by atoms with Gasteiger partial charge in [0.15, 0.2) is 0 Å². The lowest BCUT2D eigenvalue weighted by molar-refractivity contribution is -0.142. The molecule has 0 bridgehead atoms. The third-order valence-electron chi connectivity index (χ3n) is 2.65. The topological polar surface area (TPSA) is 78.9 Å². The summed E-state index contributed by atoms with van der Waals surface area (Å²) >= 11 is 0. The summed E-state index contributed by atoms with van der Waals surface area (Å²) in [5, 5.41) is 0. The van der Waals surface area contributed by atoms with Crippen molar-refractivity contribution in [1.82, 2.24) is 0 Å². The summed E-state index contributed by atoms with van der Waals surface area (Å²) in [7, 11) is 0. The van der Waals surface area contributed by atoms with E-state index in [-0.39, 0.29) is 19.8 Å². The average Bonchev–Trinajstić information content (AvgIpc) is 2.55. The fourth-order valence-corrected chi connectivity index (χ4v) is 1.70. The van der Waals surface area contributed by atoms with E-state index in [9.17, 15) is 14.4 Å². The van der Waals surface area contributed by atoms with Gasteiger partial charge < -0.3 is 14.2 Å². The van der Waals surface area contributed by atoms with Crippen molar-refractivity contribution in [2.45, 2.75) is 26.7 Å². The van der Waals surface area contributed by atoms with Gasteiger partial charge in [-0.05, 0) is 34.9 Å². The summed E-state index contributed by atoms with van der Waals surface area (Å²) in [5.74, 6) is -1.50. The summed E-state index contributed by atoms with van der Waals surface area (Å²) in [6, 6.07) is 5.19. The van der Waals surface area contributed by atoms with Gasteiger partial charge >= 0.3 is 17.9 Å². The third-order valence-corrected chi connectivity index (χ3v) is 2.65. The van der Waals surface area contributed by atoms with E-state index in [4.69, 9.17) is 14.2 Å². The molecule has 1 rings (SSSR count). The highest BCUT2D eigenvalue weighted by Gasteiger charge is 2.07. The van der Waals surface area contributed by atoms with Crippen LogP contribution in [-0.4, -0.2) is 17.9 Å². The van der Waals surface area contributed by atoms with Gasteiger partial charge in [0.05, 0.1) is 0 Å². The van der Waals surface area contributed by atoms with E-state index < -0.39 is 17.9 Å². The van der Waals surface area contributed by atoms with Crippen LogP contribution in [0.25, 0.3) is 0 Å². The molecule has 1 aromatic rings.